The van der Waals surface area contributed by atoms with Crippen molar-refractivity contribution < 1.29 is 19.1 Å². The molecule has 0 bridgehead atoms. The van der Waals surface area contributed by atoms with Crippen molar-refractivity contribution in [3.05, 3.63) is 77.3 Å². The van der Waals surface area contributed by atoms with Gasteiger partial charge in [0.2, 0.25) is 5.78 Å². The number of hydrogen-bond acceptors (Lipinski definition) is 3. The molecule has 6 nitrogen and oxygen atoms in total. The predicted octanol–water partition coefficient (Wildman–Crippen LogP) is 3.80. The minimum absolute atomic E-state index is 0.102. The fraction of sp³-hybridized carbons (Fsp3) is 0.286. The van der Waals surface area contributed by atoms with Crippen LogP contribution in [0.1, 0.15) is 31.0 Å². The number of ketones is 1. The molecule has 2 aromatic rings. The molecular formula is C21H23N3O3. The molecular weight excluding hydrogens is 342 g/mol. The van der Waals surface area contributed by atoms with Crippen molar-refractivity contribution >= 4 is 18.1 Å². The maximum absolute atomic E-state index is 12.5. The topological polar surface area (TPSA) is 91.8 Å². The van der Waals surface area contributed by atoms with Crippen molar-refractivity contribution in [1.29, 1.82) is 0 Å². The van der Waals surface area contributed by atoms with Gasteiger partial charge < -0.3 is 15.6 Å². The molecule has 1 amide bonds. The first-order valence-electron chi connectivity index (χ1n) is 8.76. The van der Waals surface area contributed by atoms with Crippen LogP contribution in [-0.4, -0.2) is 22.9 Å². The minimum Gasteiger partial charge on any atom is -0.445 e. The molecule has 0 spiro atoms. The molecule has 0 saturated carbocycles. The van der Waals surface area contributed by atoms with E-state index in [9.17, 15) is 9.59 Å². The van der Waals surface area contributed by atoms with Crippen LogP contribution >= 0.6 is 0 Å². The van der Waals surface area contributed by atoms with Crippen LogP contribution in [0.15, 0.2) is 60.7 Å². The minimum atomic E-state index is -0.618. The van der Waals surface area contributed by atoms with Gasteiger partial charge in [-0.2, -0.15) is 4.79 Å². The summed E-state index contributed by atoms with van der Waals surface area (Å²) in [6.45, 7) is 3.88. The quantitative estimate of drug-likeness (QED) is 0.438. The van der Waals surface area contributed by atoms with E-state index in [1.54, 1.807) is 0 Å². The Morgan fingerprint density at radius 3 is 2.22 bits per heavy atom. The molecule has 0 aliphatic heterocycles. The number of nitrogens with zero attached hydrogens (tertiary/aromatic N) is 2. The van der Waals surface area contributed by atoms with E-state index in [0.29, 0.717) is 0 Å². The number of benzene rings is 2. The van der Waals surface area contributed by atoms with Crippen LogP contribution in [0.5, 0.6) is 0 Å². The second kappa shape index (κ2) is 10.0. The van der Waals surface area contributed by atoms with Gasteiger partial charge in [0.1, 0.15) is 6.61 Å². The molecule has 0 aliphatic rings. The molecule has 0 saturated heterocycles. The summed E-state index contributed by atoms with van der Waals surface area (Å²) in [5, 5.41) is 2.80. The van der Waals surface area contributed by atoms with Gasteiger partial charge in [0.15, 0.2) is 0 Å². The van der Waals surface area contributed by atoms with Gasteiger partial charge in [-0.1, -0.05) is 74.5 Å². The maximum Gasteiger partial charge on any atom is 0.407 e. The first-order chi connectivity index (χ1) is 13.0. The molecule has 2 rings (SSSR count). The lowest BCUT2D eigenvalue weighted by atomic mass is 9.81. The molecule has 0 unspecified atom stereocenters. The Bertz CT molecular complexity index is 800. The van der Waals surface area contributed by atoms with Gasteiger partial charge in [0, 0.05) is 0 Å². The van der Waals surface area contributed by atoms with E-state index in [1.807, 2.05) is 74.5 Å². The summed E-state index contributed by atoms with van der Waals surface area (Å²) in [5.41, 5.74) is 10.4. The Morgan fingerprint density at radius 1 is 1.07 bits per heavy atom. The molecule has 0 aliphatic carbocycles. The highest BCUT2D eigenvalue weighted by Crippen LogP contribution is 2.29. The van der Waals surface area contributed by atoms with Crippen LogP contribution in [0.25, 0.3) is 5.53 Å². The SMILES string of the molecule is CC(C)[C@H](C(=O)C=[N+]=[N-])[C@@H](NC(=O)OCc1ccccc1)c1ccccc1. The summed E-state index contributed by atoms with van der Waals surface area (Å²) in [7, 11) is 0. The van der Waals surface area contributed by atoms with E-state index in [2.05, 4.69) is 10.1 Å². The zero-order valence-corrected chi connectivity index (χ0v) is 15.4. The Morgan fingerprint density at radius 2 is 1.67 bits per heavy atom. The largest absolute Gasteiger partial charge is 0.445 e. The standard InChI is InChI=1S/C21H23N3O3/c1-15(2)19(18(25)13-23-22)20(17-11-7-4-8-12-17)24-21(26)27-14-16-9-5-3-6-10-16/h3-13,15,19-20H,14H2,1-2H3,(H,24,26)/t19-,20+/m1/s1. The van der Waals surface area contributed by atoms with Crippen molar-refractivity contribution in [2.75, 3.05) is 0 Å². The van der Waals surface area contributed by atoms with Crippen molar-refractivity contribution in [1.82, 2.24) is 5.32 Å². The molecule has 6 heteroatoms. The molecule has 0 aromatic heterocycles. The van der Waals surface area contributed by atoms with E-state index in [0.717, 1.165) is 17.3 Å². The third-order valence-electron chi connectivity index (χ3n) is 4.24. The number of amides is 1. The van der Waals surface area contributed by atoms with Crippen LogP contribution in [0.2, 0.25) is 0 Å². The van der Waals surface area contributed by atoms with Gasteiger partial charge in [0.05, 0.1) is 12.0 Å². The lowest BCUT2D eigenvalue weighted by Crippen LogP contribution is -2.40. The monoisotopic (exact) mass is 365 g/mol. The molecule has 27 heavy (non-hydrogen) atoms. The Labute approximate surface area is 158 Å². The fourth-order valence-corrected chi connectivity index (χ4v) is 2.95. The van der Waals surface area contributed by atoms with E-state index in [1.165, 1.54) is 0 Å². The number of Topliss-reactive ketones (excluding diaryl/α,β-unsaturated/α-hetero) is 1. The zero-order valence-electron chi connectivity index (χ0n) is 15.4. The number of alkyl carbamates (subject to hydrolysis) is 1. The summed E-state index contributed by atoms with van der Waals surface area (Å²) in [6, 6.07) is 17.9. The Balaban J connectivity index is 2.20. The smallest absolute Gasteiger partial charge is 0.407 e. The summed E-state index contributed by atoms with van der Waals surface area (Å²) in [6.07, 6.45) is 0.254. The van der Waals surface area contributed by atoms with E-state index in [-0.39, 0.29) is 18.3 Å². The highest BCUT2D eigenvalue weighted by molar-refractivity contribution is 6.26. The second-order valence-corrected chi connectivity index (χ2v) is 6.51. The van der Waals surface area contributed by atoms with Gasteiger partial charge in [0.25, 0.3) is 0 Å². The summed E-state index contributed by atoms with van der Waals surface area (Å²) in [4.78, 5) is 27.7. The number of carbonyl (C=O) groups is 2. The maximum atomic E-state index is 12.5. The molecule has 140 valence electrons. The predicted molar refractivity (Wildman–Crippen MR) is 102 cm³/mol. The van der Waals surface area contributed by atoms with Gasteiger partial charge in [-0.3, -0.25) is 4.79 Å². The molecule has 2 atom stereocenters. The normalized spacial score (nSPS) is 12.6. The third-order valence-corrected chi connectivity index (χ3v) is 4.24. The third kappa shape index (κ3) is 5.90. The number of hydrogen-bond donors (Lipinski definition) is 1. The molecule has 1 N–H and O–H groups in total. The summed E-state index contributed by atoms with van der Waals surface area (Å²) >= 11 is 0. The van der Waals surface area contributed by atoms with E-state index < -0.39 is 18.1 Å². The average Bonchev–Trinajstić information content (AvgIpc) is 2.67. The van der Waals surface area contributed by atoms with Crippen molar-refractivity contribution in [3.63, 3.8) is 0 Å². The number of rotatable bonds is 8. The van der Waals surface area contributed by atoms with Crippen LogP contribution in [0.3, 0.4) is 0 Å². The number of nitrogens with one attached hydrogen (secondary N) is 1. The van der Waals surface area contributed by atoms with Gasteiger partial charge in [-0.05, 0) is 17.0 Å². The lowest BCUT2D eigenvalue weighted by molar-refractivity contribution is -0.121. The van der Waals surface area contributed by atoms with Crippen LogP contribution < -0.4 is 5.32 Å². The first kappa shape index (κ1) is 20.1. The molecule has 0 radical (unpaired) electrons. The summed E-state index contributed by atoms with van der Waals surface area (Å²) < 4.78 is 5.31. The van der Waals surface area contributed by atoms with E-state index >= 15 is 0 Å². The summed E-state index contributed by atoms with van der Waals surface area (Å²) in [5.74, 6) is -1.08. The fourth-order valence-electron chi connectivity index (χ4n) is 2.95. The van der Waals surface area contributed by atoms with Crippen LogP contribution in [0.4, 0.5) is 4.79 Å². The van der Waals surface area contributed by atoms with Crippen LogP contribution in [-0.2, 0) is 16.1 Å². The first-order valence-corrected chi connectivity index (χ1v) is 8.76. The van der Waals surface area contributed by atoms with Gasteiger partial charge in [-0.15, -0.1) is 0 Å². The van der Waals surface area contributed by atoms with Gasteiger partial charge in [-0.25, -0.2) is 4.79 Å². The number of ether oxygens (including phenoxy) is 1. The molecule has 0 fully saturated rings. The average molecular weight is 365 g/mol. The zero-order chi connectivity index (χ0) is 19.6. The second-order valence-electron chi connectivity index (χ2n) is 6.51. The van der Waals surface area contributed by atoms with Crippen molar-refractivity contribution in [2.24, 2.45) is 11.8 Å². The highest BCUT2D eigenvalue weighted by Gasteiger charge is 2.34. The Kier molecular flexibility index (Phi) is 7.47. The van der Waals surface area contributed by atoms with Gasteiger partial charge >= 0.3 is 12.3 Å². The highest BCUT2D eigenvalue weighted by atomic mass is 16.5. The molecule has 0 heterocycles. The van der Waals surface area contributed by atoms with Crippen molar-refractivity contribution in [2.45, 2.75) is 26.5 Å². The van der Waals surface area contributed by atoms with Crippen molar-refractivity contribution in [3.8, 4) is 0 Å². The molecule has 2 aromatic carbocycles. The lowest BCUT2D eigenvalue weighted by Gasteiger charge is -2.28. The van der Waals surface area contributed by atoms with Crippen LogP contribution in [0, 0.1) is 11.8 Å². The Hall–Kier alpha value is -3.24. The number of carbonyl (C=O) groups excluding carboxylic acids is 2. The van der Waals surface area contributed by atoms with E-state index in [4.69, 9.17) is 10.3 Å².